The highest BCUT2D eigenvalue weighted by Gasteiger charge is 2.04. The van der Waals surface area contributed by atoms with E-state index < -0.39 is 0 Å². The van der Waals surface area contributed by atoms with Crippen molar-refractivity contribution in [2.75, 3.05) is 7.11 Å². The topological polar surface area (TPSA) is 53.2 Å². The summed E-state index contributed by atoms with van der Waals surface area (Å²) in [6.45, 7) is 0. The van der Waals surface area contributed by atoms with Crippen molar-refractivity contribution in [3.63, 3.8) is 0 Å². The SMILES string of the molecule is COc1cc(/C=C(/C#N)c2ccc(Cl)cc2)ccc1O. The second kappa shape index (κ2) is 6.14. The highest BCUT2D eigenvalue weighted by Crippen LogP contribution is 2.28. The zero-order valence-corrected chi connectivity index (χ0v) is 11.6. The molecule has 3 nitrogen and oxygen atoms in total. The third-order valence-corrected chi connectivity index (χ3v) is 3.04. The van der Waals surface area contributed by atoms with Gasteiger partial charge in [-0.15, -0.1) is 0 Å². The predicted molar refractivity (Wildman–Crippen MR) is 79.6 cm³/mol. The Hall–Kier alpha value is -2.44. The number of phenolic OH excluding ortho intramolecular Hbond substituents is 1. The number of allylic oxidation sites excluding steroid dienone is 1. The maximum atomic E-state index is 9.55. The Balaban J connectivity index is 2.41. The summed E-state index contributed by atoms with van der Waals surface area (Å²) in [5, 5.41) is 19.4. The number of methoxy groups -OCH3 is 1. The van der Waals surface area contributed by atoms with E-state index in [1.807, 2.05) is 0 Å². The molecule has 0 heterocycles. The minimum Gasteiger partial charge on any atom is -0.504 e. The molecule has 0 amide bonds. The fourth-order valence-corrected chi connectivity index (χ4v) is 1.89. The molecular weight excluding hydrogens is 274 g/mol. The van der Waals surface area contributed by atoms with Crippen molar-refractivity contribution in [2.45, 2.75) is 0 Å². The molecule has 20 heavy (non-hydrogen) atoms. The van der Waals surface area contributed by atoms with Crippen molar-refractivity contribution < 1.29 is 9.84 Å². The van der Waals surface area contributed by atoms with Crippen molar-refractivity contribution in [1.29, 1.82) is 5.26 Å². The summed E-state index contributed by atoms with van der Waals surface area (Å²) in [4.78, 5) is 0. The number of benzene rings is 2. The molecular formula is C16H12ClNO2. The Bertz CT molecular complexity index is 685. The van der Waals surface area contributed by atoms with Crippen molar-refractivity contribution in [3.05, 3.63) is 58.6 Å². The average molecular weight is 286 g/mol. The van der Waals surface area contributed by atoms with Crippen LogP contribution in [-0.4, -0.2) is 12.2 Å². The van der Waals surface area contributed by atoms with Crippen LogP contribution < -0.4 is 4.74 Å². The quantitative estimate of drug-likeness (QED) is 0.682. The van der Waals surface area contributed by atoms with Gasteiger partial charge < -0.3 is 9.84 Å². The molecule has 2 aromatic rings. The van der Waals surface area contributed by atoms with E-state index in [1.54, 1.807) is 42.5 Å². The predicted octanol–water partition coefficient (Wildman–Crippen LogP) is 4.12. The van der Waals surface area contributed by atoms with Crippen molar-refractivity contribution in [3.8, 4) is 17.6 Å². The first-order valence-corrected chi connectivity index (χ1v) is 6.26. The highest BCUT2D eigenvalue weighted by atomic mass is 35.5. The molecule has 0 fully saturated rings. The number of phenols is 1. The Morgan fingerprint density at radius 1 is 1.25 bits per heavy atom. The number of rotatable bonds is 3. The largest absolute Gasteiger partial charge is 0.504 e. The van der Waals surface area contributed by atoms with Gasteiger partial charge in [0.05, 0.1) is 18.8 Å². The van der Waals surface area contributed by atoms with Crippen LogP contribution in [0.3, 0.4) is 0 Å². The lowest BCUT2D eigenvalue weighted by atomic mass is 10.0. The van der Waals surface area contributed by atoms with Crippen LogP contribution in [0.2, 0.25) is 5.02 Å². The lowest BCUT2D eigenvalue weighted by Crippen LogP contribution is -1.86. The first-order valence-electron chi connectivity index (χ1n) is 5.89. The van der Waals surface area contributed by atoms with E-state index in [4.69, 9.17) is 16.3 Å². The van der Waals surface area contributed by atoms with Crippen LogP contribution in [0.25, 0.3) is 11.6 Å². The van der Waals surface area contributed by atoms with Gasteiger partial charge >= 0.3 is 0 Å². The van der Waals surface area contributed by atoms with Crippen LogP contribution in [0.15, 0.2) is 42.5 Å². The van der Waals surface area contributed by atoms with E-state index in [0.717, 1.165) is 11.1 Å². The van der Waals surface area contributed by atoms with Gasteiger partial charge in [-0.1, -0.05) is 29.8 Å². The van der Waals surface area contributed by atoms with Gasteiger partial charge in [-0.05, 0) is 41.5 Å². The standard InChI is InChI=1S/C16H12ClNO2/c1-20-16-9-11(2-7-15(16)19)8-13(10-18)12-3-5-14(17)6-4-12/h2-9,19H,1H3/b13-8-. The summed E-state index contributed by atoms with van der Waals surface area (Å²) in [6.07, 6.45) is 1.73. The van der Waals surface area contributed by atoms with Crippen LogP contribution >= 0.6 is 11.6 Å². The number of nitrogens with zero attached hydrogens (tertiary/aromatic N) is 1. The molecule has 0 saturated carbocycles. The van der Waals surface area contributed by atoms with Gasteiger partial charge in [-0.2, -0.15) is 5.26 Å². The van der Waals surface area contributed by atoms with E-state index in [2.05, 4.69) is 6.07 Å². The molecule has 4 heteroatoms. The van der Waals surface area contributed by atoms with Crippen molar-refractivity contribution in [2.24, 2.45) is 0 Å². The van der Waals surface area contributed by atoms with Crippen LogP contribution in [0.1, 0.15) is 11.1 Å². The van der Waals surface area contributed by atoms with Gasteiger partial charge in [0.25, 0.3) is 0 Å². The van der Waals surface area contributed by atoms with Gasteiger partial charge in [-0.3, -0.25) is 0 Å². The van der Waals surface area contributed by atoms with Gasteiger partial charge in [0.15, 0.2) is 11.5 Å². The summed E-state index contributed by atoms with van der Waals surface area (Å²) in [6, 6.07) is 14.1. The lowest BCUT2D eigenvalue weighted by molar-refractivity contribution is 0.373. The number of nitriles is 1. The van der Waals surface area contributed by atoms with Crippen molar-refractivity contribution in [1.82, 2.24) is 0 Å². The van der Waals surface area contributed by atoms with Crippen molar-refractivity contribution >= 4 is 23.3 Å². The molecule has 0 bridgehead atoms. The monoisotopic (exact) mass is 285 g/mol. The second-order valence-electron chi connectivity index (χ2n) is 4.11. The van der Waals surface area contributed by atoms with E-state index >= 15 is 0 Å². The summed E-state index contributed by atoms with van der Waals surface area (Å²) >= 11 is 5.83. The third-order valence-electron chi connectivity index (χ3n) is 2.79. The molecule has 0 atom stereocenters. The molecule has 0 spiro atoms. The van der Waals surface area contributed by atoms with Gasteiger partial charge in [0.2, 0.25) is 0 Å². The molecule has 2 aromatic carbocycles. The maximum Gasteiger partial charge on any atom is 0.161 e. The Labute approximate surface area is 122 Å². The van der Waals surface area contributed by atoms with Crippen LogP contribution in [0.4, 0.5) is 0 Å². The highest BCUT2D eigenvalue weighted by molar-refractivity contribution is 6.30. The Morgan fingerprint density at radius 3 is 2.55 bits per heavy atom. The van der Waals surface area contributed by atoms with E-state index in [-0.39, 0.29) is 5.75 Å². The number of hydrogen-bond donors (Lipinski definition) is 1. The molecule has 0 unspecified atom stereocenters. The number of ether oxygens (including phenoxy) is 1. The van der Waals surface area contributed by atoms with Crippen LogP contribution in [0, 0.1) is 11.3 Å². The lowest BCUT2D eigenvalue weighted by Gasteiger charge is -2.05. The van der Waals surface area contributed by atoms with Gasteiger partial charge in [0.1, 0.15) is 0 Å². The fourth-order valence-electron chi connectivity index (χ4n) is 1.76. The van der Waals surface area contributed by atoms with E-state index in [0.29, 0.717) is 16.3 Å². The minimum absolute atomic E-state index is 0.0645. The third kappa shape index (κ3) is 3.11. The Morgan fingerprint density at radius 2 is 1.95 bits per heavy atom. The summed E-state index contributed by atoms with van der Waals surface area (Å²) in [5.74, 6) is 0.432. The summed E-state index contributed by atoms with van der Waals surface area (Å²) in [7, 11) is 1.48. The molecule has 0 aromatic heterocycles. The normalized spacial score (nSPS) is 10.9. The maximum absolute atomic E-state index is 9.55. The molecule has 0 saturated heterocycles. The van der Waals surface area contributed by atoms with Crippen LogP contribution in [0.5, 0.6) is 11.5 Å². The molecule has 100 valence electrons. The van der Waals surface area contributed by atoms with Gasteiger partial charge in [0, 0.05) is 5.02 Å². The zero-order valence-electron chi connectivity index (χ0n) is 10.8. The van der Waals surface area contributed by atoms with E-state index in [9.17, 15) is 10.4 Å². The zero-order chi connectivity index (χ0) is 14.5. The molecule has 2 rings (SSSR count). The smallest absolute Gasteiger partial charge is 0.161 e. The van der Waals surface area contributed by atoms with Gasteiger partial charge in [-0.25, -0.2) is 0 Å². The van der Waals surface area contributed by atoms with Crippen LogP contribution in [-0.2, 0) is 0 Å². The molecule has 0 aliphatic rings. The summed E-state index contributed by atoms with van der Waals surface area (Å²) < 4.78 is 5.04. The second-order valence-corrected chi connectivity index (χ2v) is 4.54. The molecule has 0 radical (unpaired) electrons. The first-order chi connectivity index (χ1) is 9.63. The minimum atomic E-state index is 0.0645. The fraction of sp³-hybridized carbons (Fsp3) is 0.0625. The molecule has 0 aliphatic carbocycles. The number of hydrogen-bond acceptors (Lipinski definition) is 3. The number of halogens is 1. The van der Waals surface area contributed by atoms with E-state index in [1.165, 1.54) is 13.2 Å². The molecule has 1 N–H and O–H groups in total. The number of aromatic hydroxyl groups is 1. The summed E-state index contributed by atoms with van der Waals surface area (Å²) in [5.41, 5.74) is 2.06. The molecule has 0 aliphatic heterocycles. The Kier molecular flexibility index (Phi) is 4.29. The first kappa shape index (κ1) is 14.0. The average Bonchev–Trinajstić information content (AvgIpc) is 2.47.